The molecule has 1 aromatic rings. The van der Waals surface area contributed by atoms with E-state index in [4.69, 9.17) is 9.47 Å². The van der Waals surface area contributed by atoms with Crippen LogP contribution >= 0.6 is 11.8 Å². The molecule has 2 N–H and O–H groups in total. The number of thioether (sulfide) groups is 1. The van der Waals surface area contributed by atoms with Gasteiger partial charge in [0.15, 0.2) is 0 Å². The van der Waals surface area contributed by atoms with Crippen LogP contribution in [0.2, 0.25) is 0 Å². The van der Waals surface area contributed by atoms with Gasteiger partial charge in [-0.25, -0.2) is 4.79 Å². The summed E-state index contributed by atoms with van der Waals surface area (Å²) in [5, 5.41) is 15.3. The zero-order valence-corrected chi connectivity index (χ0v) is 19.4. The van der Waals surface area contributed by atoms with Crippen LogP contribution in [0.4, 0.5) is 5.69 Å². The molecule has 7 heteroatoms. The number of fused-ring (bicyclic) bond motifs is 4. The maximum absolute atomic E-state index is 11.6. The molecule has 172 valence electrons. The van der Waals surface area contributed by atoms with Crippen molar-refractivity contribution in [3.05, 3.63) is 55.1 Å². The van der Waals surface area contributed by atoms with E-state index in [-0.39, 0.29) is 12.0 Å². The maximum atomic E-state index is 11.6. The Kier molecular flexibility index (Phi) is 7.28. The van der Waals surface area contributed by atoms with Gasteiger partial charge in [-0.3, -0.25) is 4.90 Å². The molecule has 4 aliphatic heterocycles. The minimum absolute atomic E-state index is 0.0431. The molecule has 2 bridgehead atoms. The van der Waals surface area contributed by atoms with E-state index >= 15 is 0 Å². The van der Waals surface area contributed by atoms with Gasteiger partial charge in [0.2, 0.25) is 0 Å². The molecule has 0 spiro atoms. The summed E-state index contributed by atoms with van der Waals surface area (Å²) in [4.78, 5) is 13.8. The number of hydrogen-bond acceptors (Lipinski definition) is 7. The third-order valence-electron chi connectivity index (χ3n) is 6.81. The fourth-order valence-electron chi connectivity index (χ4n) is 5.18. The van der Waals surface area contributed by atoms with Crippen LogP contribution in [0.1, 0.15) is 18.4 Å². The summed E-state index contributed by atoms with van der Waals surface area (Å²) in [6, 6.07) is 5.99. The highest BCUT2D eigenvalue weighted by molar-refractivity contribution is 7.99. The van der Waals surface area contributed by atoms with Gasteiger partial charge >= 0.3 is 5.97 Å². The van der Waals surface area contributed by atoms with Crippen LogP contribution in [-0.4, -0.2) is 66.1 Å². The van der Waals surface area contributed by atoms with Gasteiger partial charge in [0, 0.05) is 42.2 Å². The molecule has 1 aromatic carbocycles. The molecule has 3 fully saturated rings. The number of esters is 1. The Morgan fingerprint density at radius 1 is 1.41 bits per heavy atom. The van der Waals surface area contributed by atoms with E-state index in [2.05, 4.69) is 35.5 Å². The summed E-state index contributed by atoms with van der Waals surface area (Å²) in [6.45, 7) is 9.44. The molecule has 6 nitrogen and oxygen atoms in total. The van der Waals surface area contributed by atoms with Crippen LogP contribution in [0, 0.1) is 11.8 Å². The standard InChI is InChI=1S/C25H32N2O4S/c1-4-16-15-27-22(12-17(16)13-23(27)32-11-10-31-24(28)5-2)25(29)19-8-9-26-21-7-6-18(30-3)14-20(19)21/h4-8,14,16-17,22-23,25-26,29H,1-2,9-13,15H2,3H3/t16-,17?,22-,23?,25+/m0/s1. The lowest BCUT2D eigenvalue weighted by Gasteiger charge is -2.55. The summed E-state index contributed by atoms with van der Waals surface area (Å²) in [5.41, 5.74) is 3.00. The van der Waals surface area contributed by atoms with E-state index < -0.39 is 6.10 Å². The highest BCUT2D eigenvalue weighted by atomic mass is 32.2. The highest BCUT2D eigenvalue weighted by Crippen LogP contribution is 2.47. The van der Waals surface area contributed by atoms with Crippen LogP contribution < -0.4 is 10.1 Å². The zero-order valence-electron chi connectivity index (χ0n) is 18.5. The Morgan fingerprint density at radius 2 is 2.25 bits per heavy atom. The smallest absolute Gasteiger partial charge is 0.330 e. The number of rotatable bonds is 9. The normalized spacial score (nSPS) is 29.2. The average Bonchev–Trinajstić information content (AvgIpc) is 2.85. The van der Waals surface area contributed by atoms with Crippen molar-refractivity contribution in [2.45, 2.75) is 30.4 Å². The molecule has 32 heavy (non-hydrogen) atoms. The molecular formula is C25H32N2O4S. The molecule has 3 saturated heterocycles. The number of piperidine rings is 3. The predicted molar refractivity (Wildman–Crippen MR) is 130 cm³/mol. The van der Waals surface area contributed by atoms with Crippen molar-refractivity contribution >= 4 is 29.0 Å². The van der Waals surface area contributed by atoms with Crippen LogP contribution in [-0.2, 0) is 9.53 Å². The van der Waals surface area contributed by atoms with E-state index in [1.165, 1.54) is 6.08 Å². The van der Waals surface area contributed by atoms with E-state index in [9.17, 15) is 9.90 Å². The lowest BCUT2D eigenvalue weighted by Crippen LogP contribution is -2.60. The number of carbonyl (C=O) groups excluding carboxylic acids is 1. The monoisotopic (exact) mass is 456 g/mol. The molecule has 4 aliphatic rings. The number of anilines is 1. The second kappa shape index (κ2) is 10.1. The molecule has 0 amide bonds. The van der Waals surface area contributed by atoms with Crippen molar-refractivity contribution < 1.29 is 19.4 Å². The van der Waals surface area contributed by atoms with Crippen molar-refractivity contribution in [1.82, 2.24) is 4.90 Å². The van der Waals surface area contributed by atoms with Gasteiger partial charge in [0.05, 0.1) is 18.6 Å². The summed E-state index contributed by atoms with van der Waals surface area (Å²) in [7, 11) is 1.66. The average molecular weight is 457 g/mol. The number of nitrogens with one attached hydrogen (secondary N) is 1. The lowest BCUT2D eigenvalue weighted by atomic mass is 9.73. The summed E-state index contributed by atoms with van der Waals surface area (Å²) >= 11 is 1.80. The van der Waals surface area contributed by atoms with Gasteiger partial charge in [-0.2, -0.15) is 0 Å². The van der Waals surface area contributed by atoms with E-state index in [1.54, 1.807) is 18.9 Å². The molecule has 0 saturated carbocycles. The third-order valence-corrected chi connectivity index (χ3v) is 8.06. The van der Waals surface area contributed by atoms with Gasteiger partial charge in [-0.15, -0.1) is 18.3 Å². The predicted octanol–water partition coefficient (Wildman–Crippen LogP) is 3.55. The fourth-order valence-corrected chi connectivity index (χ4v) is 6.45. The quantitative estimate of drug-likeness (QED) is 0.255. The first kappa shape index (κ1) is 23.0. The molecule has 0 aliphatic carbocycles. The second-order valence-corrected chi connectivity index (χ2v) is 9.77. The van der Waals surface area contributed by atoms with Crippen molar-refractivity contribution in [2.75, 3.05) is 37.9 Å². The molecule has 0 radical (unpaired) electrons. The summed E-state index contributed by atoms with van der Waals surface area (Å²) < 4.78 is 10.6. The van der Waals surface area contributed by atoms with Crippen molar-refractivity contribution in [3.8, 4) is 5.75 Å². The molecule has 0 aromatic heterocycles. The number of aliphatic hydroxyl groups is 1. The van der Waals surface area contributed by atoms with Gasteiger partial charge in [-0.05, 0) is 48.4 Å². The SMILES string of the molecule is C=CC(=O)OCCSC1CC2C[C@@H]([C@H](O)C3=CCNc4ccc(OC)cc43)N1C[C@@H]2C=C. The first-order valence-corrected chi connectivity index (χ1v) is 12.2. The van der Waals surface area contributed by atoms with Crippen LogP contribution in [0.5, 0.6) is 5.75 Å². The van der Waals surface area contributed by atoms with Crippen molar-refractivity contribution in [3.63, 3.8) is 0 Å². The topological polar surface area (TPSA) is 71.0 Å². The Hall–Kier alpha value is -2.22. The van der Waals surface area contributed by atoms with E-state index in [1.807, 2.05) is 18.2 Å². The number of benzene rings is 1. The number of carbonyl (C=O) groups is 1. The van der Waals surface area contributed by atoms with Gasteiger partial charge < -0.3 is 19.9 Å². The first-order valence-electron chi connectivity index (χ1n) is 11.1. The molecule has 3 unspecified atom stereocenters. The number of aliphatic hydroxyl groups excluding tert-OH is 1. The number of ether oxygens (including phenoxy) is 2. The fraction of sp³-hybridized carbons (Fsp3) is 0.480. The summed E-state index contributed by atoms with van der Waals surface area (Å²) in [5.74, 6) is 2.07. The number of hydrogen-bond donors (Lipinski definition) is 2. The minimum atomic E-state index is -0.585. The Balaban J connectivity index is 1.50. The highest BCUT2D eigenvalue weighted by Gasteiger charge is 2.47. The van der Waals surface area contributed by atoms with Gasteiger partial charge in [0.25, 0.3) is 0 Å². The molecule has 6 atom stereocenters. The second-order valence-electron chi connectivity index (χ2n) is 8.49. The van der Waals surface area contributed by atoms with Crippen molar-refractivity contribution in [2.24, 2.45) is 11.8 Å². The number of methoxy groups -OCH3 is 1. The van der Waals surface area contributed by atoms with Gasteiger partial charge in [0.1, 0.15) is 12.4 Å². The summed E-state index contributed by atoms with van der Waals surface area (Å²) in [6.07, 6.45) is 6.78. The van der Waals surface area contributed by atoms with Gasteiger partial charge in [-0.1, -0.05) is 18.7 Å². The third kappa shape index (κ3) is 4.60. The van der Waals surface area contributed by atoms with Crippen LogP contribution in [0.3, 0.4) is 0 Å². The maximum Gasteiger partial charge on any atom is 0.330 e. The zero-order chi connectivity index (χ0) is 22.7. The molecule has 5 rings (SSSR count). The Labute approximate surface area is 194 Å². The minimum Gasteiger partial charge on any atom is -0.497 e. The Bertz CT molecular complexity index is 902. The molecular weight excluding hydrogens is 424 g/mol. The number of nitrogens with zero attached hydrogens (tertiary/aromatic N) is 1. The van der Waals surface area contributed by atoms with E-state index in [0.717, 1.165) is 47.7 Å². The van der Waals surface area contributed by atoms with Crippen LogP contribution in [0.25, 0.3) is 5.57 Å². The van der Waals surface area contributed by atoms with E-state index in [0.29, 0.717) is 30.4 Å². The van der Waals surface area contributed by atoms with Crippen LogP contribution in [0.15, 0.2) is 49.6 Å². The molecule has 4 heterocycles. The largest absolute Gasteiger partial charge is 0.497 e. The first-order chi connectivity index (χ1) is 15.5. The Morgan fingerprint density at radius 3 is 2.97 bits per heavy atom. The lowest BCUT2D eigenvalue weighted by molar-refractivity contribution is -0.137. The van der Waals surface area contributed by atoms with Crippen molar-refractivity contribution in [1.29, 1.82) is 0 Å².